The van der Waals surface area contributed by atoms with Gasteiger partial charge in [0.05, 0.1) is 26.4 Å². The fourth-order valence-electron chi connectivity index (χ4n) is 12.9. The van der Waals surface area contributed by atoms with E-state index in [4.69, 9.17) is 37.0 Å². The number of hydrogen-bond acceptors (Lipinski definition) is 15. The maximum Gasteiger partial charge on any atom is 0.472 e. The van der Waals surface area contributed by atoms with E-state index in [0.717, 1.165) is 108 Å². The molecule has 102 heavy (non-hydrogen) atoms. The van der Waals surface area contributed by atoms with Crippen LogP contribution in [-0.2, 0) is 65.4 Å². The Morgan fingerprint density at radius 1 is 0.265 bits per heavy atom. The number of ether oxygens (including phenoxy) is 4. The highest BCUT2D eigenvalue weighted by atomic mass is 31.2. The van der Waals surface area contributed by atoms with E-state index in [1.54, 1.807) is 0 Å². The highest BCUT2D eigenvalue weighted by Gasteiger charge is 2.30. The van der Waals surface area contributed by atoms with Crippen LogP contribution in [0.3, 0.4) is 0 Å². The van der Waals surface area contributed by atoms with Gasteiger partial charge in [0.25, 0.3) is 0 Å². The molecule has 0 spiro atoms. The van der Waals surface area contributed by atoms with Crippen molar-refractivity contribution >= 4 is 39.5 Å². The topological polar surface area (TPSA) is 237 Å². The van der Waals surface area contributed by atoms with Gasteiger partial charge >= 0.3 is 39.5 Å². The van der Waals surface area contributed by atoms with Crippen molar-refractivity contribution in [1.29, 1.82) is 0 Å². The SMILES string of the molecule is CCCCCCCCCCCCCCCCCC(=O)O[C@H](COC(=O)CCCCCCCCCC)COP(=O)(O)OC[C@H](O)COP(=O)(O)OC[C@@H](COC(=O)CCCCCCCCCCCCCCCCCC(C)C)OC(=O)CCCCCCCCCCCCCCCCCCCCC(C)C. The van der Waals surface area contributed by atoms with E-state index in [2.05, 4.69) is 41.5 Å². The normalized spacial score (nSPS) is 13.9. The second kappa shape index (κ2) is 74.5. The first-order chi connectivity index (χ1) is 49.4. The maximum atomic E-state index is 13.1. The molecule has 17 nitrogen and oxygen atoms in total. The molecule has 0 aliphatic heterocycles. The Balaban J connectivity index is 5.19. The molecule has 0 saturated heterocycles. The Morgan fingerprint density at radius 3 is 0.667 bits per heavy atom. The molecule has 0 amide bonds. The predicted octanol–water partition coefficient (Wildman–Crippen LogP) is 25.1. The van der Waals surface area contributed by atoms with Crippen LogP contribution >= 0.6 is 15.6 Å². The quantitative estimate of drug-likeness (QED) is 0.0222. The average Bonchev–Trinajstić information content (AvgIpc) is 0.934. The van der Waals surface area contributed by atoms with E-state index in [0.29, 0.717) is 25.7 Å². The standard InChI is InChI=1S/C83H162O17P2/c1-7-9-11-13-15-17-18-19-25-33-38-43-49-55-61-67-82(87)99-78(71-93-80(85)65-59-53-47-16-14-12-10-8-2)73-97-101(89,90)95-69-77(84)70-96-102(91,92)98-74-79(72-94-81(86)66-60-54-48-42-37-32-29-24-27-31-36-41-46-52-58-64-76(5)6)100-83(88)68-62-56-50-44-39-34-28-23-21-20-22-26-30-35-40-45-51-57-63-75(3)4/h75-79,84H,7-74H2,1-6H3,(H,89,90)(H,91,92)/t77-,78+,79+/m0/s1. The van der Waals surface area contributed by atoms with Gasteiger partial charge in [-0.2, -0.15) is 0 Å². The van der Waals surface area contributed by atoms with E-state index >= 15 is 0 Å². The predicted molar refractivity (Wildman–Crippen MR) is 418 cm³/mol. The van der Waals surface area contributed by atoms with Crippen molar-refractivity contribution in [3.05, 3.63) is 0 Å². The minimum absolute atomic E-state index is 0.108. The number of phosphoric ester groups is 2. The molecule has 0 bridgehead atoms. The number of carbonyl (C=O) groups excluding carboxylic acids is 4. The van der Waals surface area contributed by atoms with Gasteiger partial charge in [0.15, 0.2) is 12.2 Å². The zero-order chi connectivity index (χ0) is 74.9. The van der Waals surface area contributed by atoms with Crippen LogP contribution < -0.4 is 0 Å². The van der Waals surface area contributed by atoms with Crippen LogP contribution in [-0.4, -0.2) is 96.7 Å². The second-order valence-electron chi connectivity index (χ2n) is 30.8. The summed E-state index contributed by atoms with van der Waals surface area (Å²) < 4.78 is 68.7. The van der Waals surface area contributed by atoms with E-state index in [9.17, 15) is 43.2 Å². The minimum atomic E-state index is -4.96. The lowest BCUT2D eigenvalue weighted by molar-refractivity contribution is -0.161. The van der Waals surface area contributed by atoms with Gasteiger partial charge in [-0.3, -0.25) is 37.3 Å². The van der Waals surface area contributed by atoms with E-state index < -0.39 is 97.5 Å². The lowest BCUT2D eigenvalue weighted by Gasteiger charge is -2.21. The Hall–Kier alpha value is -1.94. The summed E-state index contributed by atoms with van der Waals surface area (Å²) in [5.74, 6) is -0.481. The van der Waals surface area contributed by atoms with E-state index in [1.165, 1.54) is 250 Å². The summed E-state index contributed by atoms with van der Waals surface area (Å²) in [7, 11) is -9.92. The zero-order valence-corrected chi connectivity index (χ0v) is 68.7. The second-order valence-corrected chi connectivity index (χ2v) is 33.7. The molecule has 0 aromatic heterocycles. The fourth-order valence-corrected chi connectivity index (χ4v) is 14.5. The number of carbonyl (C=O) groups is 4. The smallest absolute Gasteiger partial charge is 0.462 e. The molecule has 2 unspecified atom stereocenters. The number of esters is 4. The van der Waals surface area contributed by atoms with Crippen LogP contribution in [0.25, 0.3) is 0 Å². The molecular formula is C83H162O17P2. The first kappa shape index (κ1) is 100. The average molecular weight is 1490 g/mol. The number of phosphoric acid groups is 2. The van der Waals surface area contributed by atoms with Gasteiger partial charge in [0.1, 0.15) is 19.3 Å². The Bertz CT molecular complexity index is 1960. The molecule has 0 aromatic rings. The van der Waals surface area contributed by atoms with Gasteiger partial charge in [0, 0.05) is 25.7 Å². The zero-order valence-electron chi connectivity index (χ0n) is 66.9. The van der Waals surface area contributed by atoms with Crippen LogP contribution in [0.4, 0.5) is 0 Å². The number of rotatable bonds is 82. The maximum absolute atomic E-state index is 13.1. The van der Waals surface area contributed by atoms with Gasteiger partial charge in [-0.05, 0) is 37.5 Å². The van der Waals surface area contributed by atoms with Crippen molar-refractivity contribution in [3.8, 4) is 0 Å². The van der Waals surface area contributed by atoms with Crippen molar-refractivity contribution in [2.75, 3.05) is 39.6 Å². The molecule has 0 aromatic carbocycles. The number of unbranched alkanes of at least 4 members (excludes halogenated alkanes) is 52. The molecule has 19 heteroatoms. The molecule has 0 aliphatic rings. The van der Waals surface area contributed by atoms with Gasteiger partial charge in [0.2, 0.25) is 0 Å². The van der Waals surface area contributed by atoms with Crippen LogP contribution in [0.2, 0.25) is 0 Å². The lowest BCUT2D eigenvalue weighted by atomic mass is 10.0. The molecular weight excluding hydrogens is 1330 g/mol. The lowest BCUT2D eigenvalue weighted by Crippen LogP contribution is -2.30. The highest BCUT2D eigenvalue weighted by molar-refractivity contribution is 7.47. The van der Waals surface area contributed by atoms with Crippen molar-refractivity contribution < 1.29 is 80.2 Å². The summed E-state index contributed by atoms with van der Waals surface area (Å²) in [6.07, 6.45) is 65.3. The Morgan fingerprint density at radius 2 is 0.451 bits per heavy atom. The molecule has 0 heterocycles. The third-order valence-electron chi connectivity index (χ3n) is 19.5. The van der Waals surface area contributed by atoms with Gasteiger partial charge in [-0.15, -0.1) is 0 Å². The summed E-state index contributed by atoms with van der Waals surface area (Å²) >= 11 is 0. The summed E-state index contributed by atoms with van der Waals surface area (Å²) in [6.45, 7) is 9.69. The number of aliphatic hydroxyl groups excluding tert-OH is 1. The van der Waals surface area contributed by atoms with Gasteiger partial charge < -0.3 is 33.8 Å². The van der Waals surface area contributed by atoms with Crippen molar-refractivity contribution in [2.24, 2.45) is 11.8 Å². The summed E-state index contributed by atoms with van der Waals surface area (Å²) in [5.41, 5.74) is 0. The van der Waals surface area contributed by atoms with Crippen LogP contribution in [0.5, 0.6) is 0 Å². The molecule has 0 aliphatic carbocycles. The summed E-state index contributed by atoms with van der Waals surface area (Å²) in [4.78, 5) is 73.0. The fraction of sp³-hybridized carbons (Fsp3) is 0.952. The molecule has 5 atom stereocenters. The molecule has 606 valence electrons. The van der Waals surface area contributed by atoms with Crippen molar-refractivity contribution in [2.45, 2.75) is 458 Å². The molecule has 0 saturated carbocycles. The first-order valence-electron chi connectivity index (χ1n) is 43.0. The monoisotopic (exact) mass is 1490 g/mol. The third kappa shape index (κ3) is 76.3. The number of hydrogen-bond donors (Lipinski definition) is 3. The Labute approximate surface area is 626 Å². The summed E-state index contributed by atoms with van der Waals surface area (Å²) in [5, 5.41) is 10.6. The van der Waals surface area contributed by atoms with Crippen LogP contribution in [0.15, 0.2) is 0 Å². The molecule has 0 fully saturated rings. The molecule has 0 rings (SSSR count). The van der Waals surface area contributed by atoms with Crippen molar-refractivity contribution in [3.63, 3.8) is 0 Å². The van der Waals surface area contributed by atoms with Crippen molar-refractivity contribution in [1.82, 2.24) is 0 Å². The number of aliphatic hydroxyl groups is 1. The third-order valence-corrected chi connectivity index (χ3v) is 21.4. The highest BCUT2D eigenvalue weighted by Crippen LogP contribution is 2.45. The molecule has 0 radical (unpaired) electrons. The first-order valence-corrected chi connectivity index (χ1v) is 46.0. The Kier molecular flexibility index (Phi) is 73.1. The molecule has 3 N–H and O–H groups in total. The van der Waals surface area contributed by atoms with Gasteiger partial charge in [-0.1, -0.05) is 388 Å². The van der Waals surface area contributed by atoms with Crippen LogP contribution in [0, 0.1) is 11.8 Å². The van der Waals surface area contributed by atoms with E-state index in [-0.39, 0.29) is 25.7 Å². The minimum Gasteiger partial charge on any atom is -0.462 e. The van der Waals surface area contributed by atoms with Gasteiger partial charge in [-0.25, -0.2) is 9.13 Å². The van der Waals surface area contributed by atoms with Crippen LogP contribution in [0.1, 0.15) is 440 Å². The van der Waals surface area contributed by atoms with E-state index in [1.807, 2.05) is 0 Å². The summed E-state index contributed by atoms with van der Waals surface area (Å²) in [6, 6.07) is 0. The largest absolute Gasteiger partial charge is 0.472 e.